The smallest absolute Gasteiger partial charge is 0.239 e. The topological polar surface area (TPSA) is 67.8 Å². The summed E-state index contributed by atoms with van der Waals surface area (Å²) in [6.45, 7) is 6.12. The highest BCUT2D eigenvalue weighted by Gasteiger charge is 2.21. The molecule has 0 spiro atoms. The molecule has 1 atom stereocenters. The van der Waals surface area contributed by atoms with Crippen molar-refractivity contribution in [1.29, 1.82) is 0 Å². The van der Waals surface area contributed by atoms with E-state index in [1.165, 1.54) is 23.1 Å². The van der Waals surface area contributed by atoms with Crippen LogP contribution in [0.4, 0.5) is 5.13 Å². The third-order valence-corrected chi connectivity index (χ3v) is 6.98. The number of aromatic nitrogens is 3. The number of hydrogen-bond acceptors (Lipinski definition) is 7. The molecule has 1 N–H and O–H groups in total. The number of carbonyl (C=O) groups is 1. The number of carbonyl (C=O) groups excluding carboxylic acids is 1. The molecule has 0 aliphatic heterocycles. The predicted octanol–water partition coefficient (Wildman–Crippen LogP) is 4.78. The van der Waals surface area contributed by atoms with E-state index in [0.717, 1.165) is 26.0 Å². The van der Waals surface area contributed by atoms with E-state index in [1.807, 2.05) is 31.2 Å². The van der Waals surface area contributed by atoms with Crippen molar-refractivity contribution in [3.8, 4) is 0 Å². The van der Waals surface area contributed by atoms with E-state index in [2.05, 4.69) is 34.3 Å². The number of para-hydroxylation sites is 1. The Kier molecular flexibility index (Phi) is 5.47. The lowest BCUT2D eigenvalue weighted by Gasteiger charge is -2.11. The summed E-state index contributed by atoms with van der Waals surface area (Å²) >= 11 is 4.56. The Balaban J connectivity index is 1.69. The van der Waals surface area contributed by atoms with Crippen LogP contribution in [-0.2, 0) is 4.79 Å². The van der Waals surface area contributed by atoms with Gasteiger partial charge in [-0.25, -0.2) is 4.98 Å². The molecule has 2 aromatic heterocycles. The highest BCUT2D eigenvalue weighted by molar-refractivity contribution is 8.02. The van der Waals surface area contributed by atoms with Crippen LogP contribution in [0.1, 0.15) is 38.1 Å². The standard InChI is InChI=1S/C16H18N4OS3/c1-4-11(13(21)18-15-20-19-14(24-15)9(2)3)22-16-17-10-7-5-6-8-12(10)23-16/h5-9,11H,4H2,1-3H3,(H,18,20,21). The Morgan fingerprint density at radius 1 is 1.25 bits per heavy atom. The van der Waals surface area contributed by atoms with Crippen molar-refractivity contribution in [2.45, 2.75) is 42.7 Å². The molecule has 3 aromatic rings. The van der Waals surface area contributed by atoms with Crippen LogP contribution in [0.15, 0.2) is 28.6 Å². The van der Waals surface area contributed by atoms with Crippen molar-refractivity contribution < 1.29 is 4.79 Å². The molecule has 2 heterocycles. The van der Waals surface area contributed by atoms with Gasteiger partial charge in [0.15, 0.2) is 4.34 Å². The van der Waals surface area contributed by atoms with Gasteiger partial charge in [-0.15, -0.1) is 21.5 Å². The summed E-state index contributed by atoms with van der Waals surface area (Å²) in [5, 5.41) is 12.3. The number of anilines is 1. The monoisotopic (exact) mass is 378 g/mol. The summed E-state index contributed by atoms with van der Waals surface area (Å²) in [7, 11) is 0. The summed E-state index contributed by atoms with van der Waals surface area (Å²) in [6.07, 6.45) is 0.724. The van der Waals surface area contributed by atoms with Gasteiger partial charge in [-0.1, -0.05) is 56.0 Å². The van der Waals surface area contributed by atoms with Crippen LogP contribution in [0.25, 0.3) is 10.2 Å². The number of rotatable bonds is 6. The van der Waals surface area contributed by atoms with E-state index in [0.29, 0.717) is 11.0 Å². The van der Waals surface area contributed by atoms with E-state index in [-0.39, 0.29) is 11.2 Å². The van der Waals surface area contributed by atoms with Gasteiger partial charge < -0.3 is 0 Å². The zero-order valence-corrected chi connectivity index (χ0v) is 16.1. The molecule has 0 saturated carbocycles. The summed E-state index contributed by atoms with van der Waals surface area (Å²) < 4.78 is 2.05. The molecule has 0 aliphatic rings. The molecule has 0 saturated heterocycles. The Morgan fingerprint density at radius 2 is 2.04 bits per heavy atom. The van der Waals surface area contributed by atoms with Gasteiger partial charge in [0.1, 0.15) is 5.01 Å². The van der Waals surface area contributed by atoms with Crippen LogP contribution >= 0.6 is 34.4 Å². The fourth-order valence-electron chi connectivity index (χ4n) is 2.05. The third kappa shape index (κ3) is 3.93. The van der Waals surface area contributed by atoms with Crippen LogP contribution in [0, 0.1) is 0 Å². The number of thiazole rings is 1. The Hall–Kier alpha value is -1.51. The minimum atomic E-state index is -0.197. The molecule has 0 bridgehead atoms. The van der Waals surface area contributed by atoms with Gasteiger partial charge in [0.25, 0.3) is 0 Å². The second kappa shape index (κ2) is 7.58. The maximum Gasteiger partial charge on any atom is 0.239 e. The average molecular weight is 379 g/mol. The number of nitrogens with zero attached hydrogens (tertiary/aromatic N) is 3. The van der Waals surface area contributed by atoms with Gasteiger partial charge in [-0.3, -0.25) is 10.1 Å². The molecule has 1 aromatic carbocycles. The lowest BCUT2D eigenvalue weighted by molar-refractivity contribution is -0.115. The number of hydrogen-bond donors (Lipinski definition) is 1. The van der Waals surface area contributed by atoms with Crippen molar-refractivity contribution in [2.24, 2.45) is 0 Å². The summed E-state index contributed by atoms with van der Waals surface area (Å²) in [6, 6.07) is 8.02. The first-order valence-corrected chi connectivity index (χ1v) is 10.2. The summed E-state index contributed by atoms with van der Waals surface area (Å²) in [4.78, 5) is 17.1. The van der Waals surface area contributed by atoms with Crippen molar-refractivity contribution in [2.75, 3.05) is 5.32 Å². The molecular weight excluding hydrogens is 360 g/mol. The minimum Gasteiger partial charge on any atom is -0.300 e. The molecule has 5 nitrogen and oxygen atoms in total. The molecule has 1 amide bonds. The van der Waals surface area contributed by atoms with Gasteiger partial charge in [0.2, 0.25) is 11.0 Å². The van der Waals surface area contributed by atoms with Crippen LogP contribution in [0.3, 0.4) is 0 Å². The Bertz CT molecular complexity index is 810. The zero-order chi connectivity index (χ0) is 17.1. The number of nitrogens with one attached hydrogen (secondary N) is 1. The third-order valence-electron chi connectivity index (χ3n) is 3.35. The van der Waals surface area contributed by atoms with Crippen LogP contribution < -0.4 is 5.32 Å². The Labute approximate surface area is 152 Å². The minimum absolute atomic E-state index is 0.0480. The first kappa shape index (κ1) is 17.3. The summed E-state index contributed by atoms with van der Waals surface area (Å²) in [5.74, 6) is 0.264. The first-order valence-electron chi connectivity index (χ1n) is 7.73. The van der Waals surface area contributed by atoms with Crippen LogP contribution in [0.2, 0.25) is 0 Å². The molecule has 3 rings (SSSR count). The maximum atomic E-state index is 12.5. The van der Waals surface area contributed by atoms with E-state index in [9.17, 15) is 4.79 Å². The van der Waals surface area contributed by atoms with E-state index in [4.69, 9.17) is 0 Å². The van der Waals surface area contributed by atoms with Gasteiger partial charge in [-0.2, -0.15) is 0 Å². The van der Waals surface area contributed by atoms with Crippen molar-refractivity contribution in [1.82, 2.24) is 15.2 Å². The number of amides is 1. The maximum absolute atomic E-state index is 12.5. The molecule has 8 heteroatoms. The molecule has 1 unspecified atom stereocenters. The second-order valence-electron chi connectivity index (χ2n) is 5.55. The van der Waals surface area contributed by atoms with E-state index in [1.54, 1.807) is 11.3 Å². The van der Waals surface area contributed by atoms with Gasteiger partial charge in [0, 0.05) is 5.92 Å². The number of fused-ring (bicyclic) bond motifs is 1. The van der Waals surface area contributed by atoms with Gasteiger partial charge in [-0.05, 0) is 18.6 Å². The lowest BCUT2D eigenvalue weighted by Crippen LogP contribution is -2.24. The fraction of sp³-hybridized carbons (Fsp3) is 0.375. The Morgan fingerprint density at radius 3 is 2.71 bits per heavy atom. The van der Waals surface area contributed by atoms with E-state index >= 15 is 0 Å². The fourth-order valence-corrected chi connectivity index (χ4v) is 5.03. The molecule has 0 aliphatic carbocycles. The first-order chi connectivity index (χ1) is 11.6. The lowest BCUT2D eigenvalue weighted by atomic mass is 10.2. The van der Waals surface area contributed by atoms with Crippen LogP contribution in [0.5, 0.6) is 0 Å². The molecular formula is C16H18N4OS3. The highest BCUT2D eigenvalue weighted by atomic mass is 32.2. The van der Waals surface area contributed by atoms with Crippen LogP contribution in [-0.4, -0.2) is 26.3 Å². The molecule has 0 fully saturated rings. The average Bonchev–Trinajstić information content (AvgIpc) is 3.18. The molecule has 126 valence electrons. The van der Waals surface area contributed by atoms with E-state index < -0.39 is 0 Å². The quantitative estimate of drug-likeness (QED) is 0.625. The zero-order valence-electron chi connectivity index (χ0n) is 13.6. The van der Waals surface area contributed by atoms with Gasteiger partial charge in [0.05, 0.1) is 15.5 Å². The number of benzene rings is 1. The molecule has 24 heavy (non-hydrogen) atoms. The molecule has 0 radical (unpaired) electrons. The van der Waals surface area contributed by atoms with Crippen molar-refractivity contribution in [3.05, 3.63) is 29.3 Å². The SMILES string of the molecule is CCC(Sc1nc2ccccc2s1)C(=O)Nc1nnc(C(C)C)s1. The highest BCUT2D eigenvalue weighted by Crippen LogP contribution is 2.33. The largest absolute Gasteiger partial charge is 0.300 e. The summed E-state index contributed by atoms with van der Waals surface area (Å²) in [5.41, 5.74) is 0.978. The van der Waals surface area contributed by atoms with Gasteiger partial charge >= 0.3 is 0 Å². The normalized spacial score (nSPS) is 12.7. The number of thioether (sulfide) groups is 1. The second-order valence-corrected chi connectivity index (χ2v) is 9.04. The van der Waals surface area contributed by atoms with Crippen molar-refractivity contribution in [3.63, 3.8) is 0 Å². The predicted molar refractivity (Wildman–Crippen MR) is 102 cm³/mol. The van der Waals surface area contributed by atoms with Crippen molar-refractivity contribution >= 4 is 55.7 Å².